The molecule has 0 radical (unpaired) electrons. The fourth-order valence-corrected chi connectivity index (χ4v) is 4.99. The lowest BCUT2D eigenvalue weighted by molar-refractivity contribution is -0.138. The predicted molar refractivity (Wildman–Crippen MR) is 138 cm³/mol. The standard InChI is InChI=1S/C28H21F7N4O4/c1-26(2)22(39-24(41)38(25(42)43-39)21-8-4-6-18(14-21)28(33,34)35)37(20-7-3-5-17(13-20)27(30,31)32)23(40)36(26)15-16-9-11-19(29)12-10-16/h3-14,22H,15H2,1-2H3/t22-/m1/s1. The van der Waals surface area contributed by atoms with Gasteiger partial charge in [-0.15, -0.1) is 4.74 Å². The first-order valence-electron chi connectivity index (χ1n) is 12.5. The second-order valence-electron chi connectivity index (χ2n) is 10.3. The summed E-state index contributed by atoms with van der Waals surface area (Å²) in [5.74, 6) is -1.95. The van der Waals surface area contributed by atoms with Crippen LogP contribution >= 0.6 is 0 Å². The maximum absolute atomic E-state index is 13.9. The van der Waals surface area contributed by atoms with Crippen molar-refractivity contribution in [3.63, 3.8) is 0 Å². The molecule has 1 aliphatic rings. The van der Waals surface area contributed by atoms with Gasteiger partial charge in [0.1, 0.15) is 5.82 Å². The molecule has 0 aliphatic carbocycles. The van der Waals surface area contributed by atoms with E-state index >= 15 is 0 Å². The predicted octanol–water partition coefficient (Wildman–Crippen LogP) is 6.19. The van der Waals surface area contributed by atoms with Gasteiger partial charge in [-0.1, -0.05) is 24.3 Å². The molecule has 3 aromatic carbocycles. The molecule has 5 rings (SSSR count). The van der Waals surface area contributed by atoms with E-state index in [1.165, 1.54) is 36.9 Å². The zero-order valence-electron chi connectivity index (χ0n) is 22.3. The molecule has 0 N–H and O–H groups in total. The number of hydrogen-bond acceptors (Lipinski definition) is 4. The second kappa shape index (κ2) is 10.2. The van der Waals surface area contributed by atoms with Crippen LogP contribution in [-0.2, 0) is 18.9 Å². The van der Waals surface area contributed by atoms with Gasteiger partial charge < -0.3 is 9.42 Å². The Morgan fingerprint density at radius 1 is 0.791 bits per heavy atom. The number of aromatic nitrogens is 2. The number of alkyl halides is 6. The molecule has 8 nitrogen and oxygen atoms in total. The molecule has 43 heavy (non-hydrogen) atoms. The molecule has 2 amide bonds. The van der Waals surface area contributed by atoms with Crippen LogP contribution in [-0.4, -0.2) is 25.8 Å². The second-order valence-corrected chi connectivity index (χ2v) is 10.3. The highest BCUT2D eigenvalue weighted by atomic mass is 19.4. The average molecular weight is 610 g/mol. The third-order valence-electron chi connectivity index (χ3n) is 7.11. The van der Waals surface area contributed by atoms with Crippen molar-refractivity contribution in [2.45, 2.75) is 44.4 Å². The van der Waals surface area contributed by atoms with Crippen LogP contribution in [0.15, 0.2) is 86.9 Å². The molecule has 15 heteroatoms. The van der Waals surface area contributed by atoms with E-state index in [4.69, 9.17) is 4.52 Å². The fraction of sp³-hybridized carbons (Fsp3) is 0.250. The number of amides is 2. The summed E-state index contributed by atoms with van der Waals surface area (Å²) in [6, 6.07) is 11.2. The SMILES string of the molecule is CC1(C)[C@@H](n2oc(=O)n(-c3cccc(C(F)(F)F)c3)c2=O)N(c2cccc(C(F)(F)F)c2)C(=O)N1Cc1ccc(F)cc1. The monoisotopic (exact) mass is 610 g/mol. The van der Waals surface area contributed by atoms with Crippen LogP contribution in [0.5, 0.6) is 0 Å². The number of rotatable bonds is 5. The van der Waals surface area contributed by atoms with Crippen LogP contribution in [0, 0.1) is 5.82 Å². The molecule has 1 saturated heterocycles. The topological polar surface area (TPSA) is 80.7 Å². The quantitative estimate of drug-likeness (QED) is 0.253. The van der Waals surface area contributed by atoms with Gasteiger partial charge in [-0.05, 0) is 67.9 Å². The Hall–Kier alpha value is -4.82. The van der Waals surface area contributed by atoms with Gasteiger partial charge in [0.15, 0.2) is 6.17 Å². The lowest BCUT2D eigenvalue weighted by Gasteiger charge is -2.34. The number of anilines is 1. The van der Waals surface area contributed by atoms with E-state index in [0.717, 1.165) is 47.4 Å². The van der Waals surface area contributed by atoms with Crippen molar-refractivity contribution in [3.8, 4) is 5.69 Å². The first-order valence-corrected chi connectivity index (χ1v) is 12.5. The van der Waals surface area contributed by atoms with Crippen LogP contribution in [0.1, 0.15) is 36.7 Å². The molecule has 2 heterocycles. The normalized spacial score (nSPS) is 17.1. The van der Waals surface area contributed by atoms with Gasteiger partial charge in [-0.3, -0.25) is 4.90 Å². The smallest absolute Gasteiger partial charge is 0.314 e. The summed E-state index contributed by atoms with van der Waals surface area (Å²) in [4.78, 5) is 42.4. The molecule has 1 atom stereocenters. The molecule has 226 valence electrons. The van der Waals surface area contributed by atoms with Gasteiger partial charge in [-0.2, -0.15) is 30.9 Å². The number of nitrogens with zero attached hydrogens (tertiary/aromatic N) is 4. The van der Waals surface area contributed by atoms with Gasteiger partial charge in [0, 0.05) is 12.2 Å². The van der Waals surface area contributed by atoms with Crippen molar-refractivity contribution in [3.05, 3.63) is 116 Å². The van der Waals surface area contributed by atoms with Crippen LogP contribution in [0.2, 0.25) is 0 Å². The molecule has 0 bridgehead atoms. The van der Waals surface area contributed by atoms with E-state index in [1.807, 2.05) is 0 Å². The Morgan fingerprint density at radius 3 is 1.88 bits per heavy atom. The summed E-state index contributed by atoms with van der Waals surface area (Å²) in [5, 5.41) is 0. The van der Waals surface area contributed by atoms with Crippen LogP contribution in [0.4, 0.5) is 41.2 Å². The van der Waals surface area contributed by atoms with Crippen molar-refractivity contribution in [2.75, 3.05) is 4.90 Å². The van der Waals surface area contributed by atoms with Crippen LogP contribution < -0.4 is 16.3 Å². The van der Waals surface area contributed by atoms with Crippen molar-refractivity contribution < 1.29 is 40.1 Å². The summed E-state index contributed by atoms with van der Waals surface area (Å²) in [6.45, 7) is 2.73. The summed E-state index contributed by atoms with van der Waals surface area (Å²) in [7, 11) is 0. The van der Waals surface area contributed by atoms with Crippen molar-refractivity contribution in [1.29, 1.82) is 0 Å². The van der Waals surface area contributed by atoms with E-state index in [-0.39, 0.29) is 12.2 Å². The van der Waals surface area contributed by atoms with Gasteiger partial charge in [0.05, 0.1) is 22.4 Å². The number of hydrogen-bond donors (Lipinski definition) is 0. The first kappa shape index (κ1) is 29.7. The zero-order valence-corrected chi connectivity index (χ0v) is 22.3. The van der Waals surface area contributed by atoms with Crippen LogP contribution in [0.3, 0.4) is 0 Å². The molecule has 0 unspecified atom stereocenters. The Morgan fingerprint density at radius 2 is 1.33 bits per heavy atom. The Balaban J connectivity index is 1.69. The molecular formula is C28H21F7N4O4. The molecule has 0 spiro atoms. The van der Waals surface area contributed by atoms with Gasteiger partial charge in [-0.25, -0.2) is 18.8 Å². The summed E-state index contributed by atoms with van der Waals surface area (Å²) >= 11 is 0. The van der Waals surface area contributed by atoms with E-state index in [0.29, 0.717) is 27.0 Å². The summed E-state index contributed by atoms with van der Waals surface area (Å²) in [6.07, 6.45) is -11.2. The molecule has 4 aromatic rings. The highest BCUT2D eigenvalue weighted by Gasteiger charge is 2.55. The number of halogens is 7. The number of carbonyl (C=O) groups excluding carboxylic acids is 1. The lowest BCUT2D eigenvalue weighted by atomic mass is 9.99. The van der Waals surface area contributed by atoms with E-state index in [2.05, 4.69) is 0 Å². The highest BCUT2D eigenvalue weighted by Crippen LogP contribution is 2.44. The summed E-state index contributed by atoms with van der Waals surface area (Å²) in [5.41, 5.74) is -5.40. The minimum atomic E-state index is -4.80. The van der Waals surface area contributed by atoms with Gasteiger partial charge in [0.2, 0.25) is 0 Å². The maximum atomic E-state index is 13.9. The van der Waals surface area contributed by atoms with Crippen LogP contribution in [0.25, 0.3) is 5.69 Å². The van der Waals surface area contributed by atoms with Crippen molar-refractivity contribution in [1.82, 2.24) is 14.2 Å². The molecule has 0 saturated carbocycles. The van der Waals surface area contributed by atoms with Crippen molar-refractivity contribution >= 4 is 11.7 Å². The third-order valence-corrected chi connectivity index (χ3v) is 7.11. The Kier molecular flexibility index (Phi) is 7.02. The number of carbonyl (C=O) groups is 1. The molecule has 1 aromatic heterocycles. The minimum absolute atomic E-state index is 0.189. The van der Waals surface area contributed by atoms with Crippen molar-refractivity contribution in [2.24, 2.45) is 0 Å². The third kappa shape index (κ3) is 5.30. The van der Waals surface area contributed by atoms with Gasteiger partial charge in [0.25, 0.3) is 0 Å². The van der Waals surface area contributed by atoms with Gasteiger partial charge >= 0.3 is 29.8 Å². The average Bonchev–Trinajstić information content (AvgIpc) is 3.32. The lowest BCUT2D eigenvalue weighted by Crippen LogP contribution is -2.46. The fourth-order valence-electron chi connectivity index (χ4n) is 4.99. The van der Waals surface area contributed by atoms with E-state index in [9.17, 15) is 45.1 Å². The first-order chi connectivity index (χ1) is 20.0. The maximum Gasteiger partial charge on any atom is 0.447 e. The number of urea groups is 1. The Labute approximate surface area is 237 Å². The minimum Gasteiger partial charge on any atom is -0.314 e. The largest absolute Gasteiger partial charge is 0.447 e. The molecule has 1 fully saturated rings. The van der Waals surface area contributed by atoms with E-state index < -0.39 is 64.2 Å². The molecular weight excluding hydrogens is 589 g/mol. The Bertz CT molecular complexity index is 1800. The summed E-state index contributed by atoms with van der Waals surface area (Å²) < 4.78 is 100. The molecule has 1 aliphatic heterocycles. The number of benzene rings is 3. The zero-order chi connectivity index (χ0) is 31.5. The van der Waals surface area contributed by atoms with E-state index in [1.54, 1.807) is 0 Å². The highest BCUT2D eigenvalue weighted by molar-refractivity contribution is 5.95.